The number of carbonyl (C=O) groups is 1. The van der Waals surface area contributed by atoms with E-state index >= 15 is 4.39 Å². The molecule has 3 saturated carbocycles. The molecule has 0 aromatic carbocycles. The van der Waals surface area contributed by atoms with Crippen LogP contribution in [0.25, 0.3) is 0 Å². The number of ketones is 1. The maximum absolute atomic E-state index is 15.3. The smallest absolute Gasteiger partial charge is 0.155 e. The van der Waals surface area contributed by atoms with Crippen molar-refractivity contribution in [2.45, 2.75) is 71.1 Å². The van der Waals surface area contributed by atoms with Gasteiger partial charge in [-0.15, -0.1) is 0 Å². The maximum atomic E-state index is 15.3. The minimum atomic E-state index is -0.829. The third-order valence-corrected chi connectivity index (χ3v) is 7.88. The Kier molecular flexibility index (Phi) is 3.71. The molecule has 0 radical (unpaired) electrons. The van der Waals surface area contributed by atoms with E-state index in [1.165, 1.54) is 5.57 Å². The van der Waals surface area contributed by atoms with Crippen LogP contribution in [-0.4, -0.2) is 23.2 Å². The van der Waals surface area contributed by atoms with Crippen LogP contribution in [0.2, 0.25) is 0 Å². The van der Waals surface area contributed by atoms with Crippen LogP contribution in [0.5, 0.6) is 0 Å². The van der Waals surface area contributed by atoms with Gasteiger partial charge in [0.2, 0.25) is 0 Å². The van der Waals surface area contributed by atoms with Crippen molar-refractivity contribution in [2.24, 2.45) is 35.0 Å². The molecule has 0 amide bonds. The van der Waals surface area contributed by atoms with E-state index in [2.05, 4.69) is 13.8 Å². The molecule has 23 heavy (non-hydrogen) atoms. The van der Waals surface area contributed by atoms with Crippen molar-refractivity contribution in [1.29, 1.82) is 0 Å². The highest BCUT2D eigenvalue weighted by Crippen LogP contribution is 2.64. The van der Waals surface area contributed by atoms with Crippen molar-refractivity contribution in [1.82, 2.24) is 0 Å². The SMILES string of the molecule is CC[C@@H]1CC2=CC(=O)CC[C@@H]2[C@@H]2[C@@H]1[C@@H]1CC[C@H](O)[C@@]1(C)C[C@@H]2F. The lowest BCUT2D eigenvalue weighted by Gasteiger charge is -2.57. The van der Waals surface area contributed by atoms with E-state index in [0.29, 0.717) is 30.6 Å². The van der Waals surface area contributed by atoms with Crippen molar-refractivity contribution in [3.8, 4) is 0 Å². The van der Waals surface area contributed by atoms with Crippen LogP contribution in [0.15, 0.2) is 11.6 Å². The van der Waals surface area contributed by atoms with Gasteiger partial charge in [0.25, 0.3) is 0 Å². The van der Waals surface area contributed by atoms with Gasteiger partial charge in [0.15, 0.2) is 5.78 Å². The van der Waals surface area contributed by atoms with E-state index in [9.17, 15) is 9.90 Å². The molecule has 4 aliphatic rings. The van der Waals surface area contributed by atoms with Crippen molar-refractivity contribution in [3.63, 3.8) is 0 Å². The summed E-state index contributed by atoms with van der Waals surface area (Å²) in [5.41, 5.74) is 0.999. The van der Waals surface area contributed by atoms with E-state index < -0.39 is 6.17 Å². The molecule has 0 aromatic heterocycles. The molecular formula is C20H29FO2. The van der Waals surface area contributed by atoms with E-state index in [0.717, 1.165) is 32.1 Å². The molecule has 3 fully saturated rings. The predicted molar refractivity (Wildman–Crippen MR) is 87.5 cm³/mol. The fourth-order valence-electron chi connectivity index (χ4n) is 6.77. The van der Waals surface area contributed by atoms with Crippen molar-refractivity contribution < 1.29 is 14.3 Å². The van der Waals surface area contributed by atoms with Gasteiger partial charge >= 0.3 is 0 Å². The molecule has 4 rings (SSSR count). The first kappa shape index (κ1) is 15.8. The normalized spacial score (nSPS) is 52.4. The Hall–Kier alpha value is -0.700. The number of aliphatic hydroxyl groups excluding tert-OH is 1. The predicted octanol–water partition coefficient (Wildman–Crippen LogP) is 4.07. The van der Waals surface area contributed by atoms with Gasteiger partial charge in [0.1, 0.15) is 6.17 Å². The number of aliphatic hydroxyl groups is 1. The summed E-state index contributed by atoms with van der Waals surface area (Å²) in [6.07, 6.45) is 6.52. The molecule has 0 spiro atoms. The quantitative estimate of drug-likeness (QED) is 0.790. The first-order valence-electron chi connectivity index (χ1n) is 9.51. The molecule has 3 heteroatoms. The first-order chi connectivity index (χ1) is 11.0. The van der Waals surface area contributed by atoms with Crippen LogP contribution in [0, 0.1) is 35.0 Å². The molecule has 4 aliphatic carbocycles. The van der Waals surface area contributed by atoms with Crippen LogP contribution in [0.3, 0.4) is 0 Å². The summed E-state index contributed by atoms with van der Waals surface area (Å²) in [6.45, 7) is 4.33. The average Bonchev–Trinajstić information content (AvgIpc) is 2.81. The number of rotatable bonds is 1. The van der Waals surface area contributed by atoms with Crippen molar-refractivity contribution >= 4 is 5.78 Å². The van der Waals surface area contributed by atoms with Crippen LogP contribution in [0.1, 0.15) is 58.8 Å². The Morgan fingerprint density at radius 3 is 2.83 bits per heavy atom. The van der Waals surface area contributed by atoms with E-state index in [-0.39, 0.29) is 29.1 Å². The number of hydrogen-bond acceptors (Lipinski definition) is 2. The molecule has 8 atom stereocenters. The van der Waals surface area contributed by atoms with Crippen molar-refractivity contribution in [3.05, 3.63) is 11.6 Å². The Labute approximate surface area is 138 Å². The molecule has 0 aromatic rings. The number of halogens is 1. The molecule has 0 heterocycles. The zero-order chi connectivity index (χ0) is 16.4. The summed E-state index contributed by atoms with van der Waals surface area (Å²) in [4.78, 5) is 11.8. The van der Waals surface area contributed by atoms with Crippen LogP contribution >= 0.6 is 0 Å². The second kappa shape index (κ2) is 5.40. The summed E-state index contributed by atoms with van der Waals surface area (Å²) in [5.74, 6) is 1.91. The molecule has 0 saturated heterocycles. The van der Waals surface area contributed by atoms with Crippen LogP contribution < -0.4 is 0 Å². The molecular weight excluding hydrogens is 291 g/mol. The highest BCUT2D eigenvalue weighted by atomic mass is 19.1. The molecule has 0 aliphatic heterocycles. The molecule has 2 nitrogen and oxygen atoms in total. The van der Waals surface area contributed by atoms with Gasteiger partial charge in [-0.25, -0.2) is 4.39 Å². The Balaban J connectivity index is 1.75. The van der Waals surface area contributed by atoms with Crippen LogP contribution in [0.4, 0.5) is 4.39 Å². The number of allylic oxidation sites excluding steroid dienone is 1. The monoisotopic (exact) mass is 320 g/mol. The average molecular weight is 320 g/mol. The highest BCUT2D eigenvalue weighted by molar-refractivity contribution is 5.91. The number of hydrogen-bond donors (Lipinski definition) is 1. The summed E-state index contributed by atoms with van der Waals surface area (Å²) in [6, 6.07) is 0. The minimum Gasteiger partial charge on any atom is -0.393 e. The zero-order valence-corrected chi connectivity index (χ0v) is 14.3. The fraction of sp³-hybridized carbons (Fsp3) is 0.850. The van der Waals surface area contributed by atoms with Gasteiger partial charge in [-0.2, -0.15) is 0 Å². The maximum Gasteiger partial charge on any atom is 0.155 e. The second-order valence-electron chi connectivity index (χ2n) is 8.78. The van der Waals surface area contributed by atoms with E-state index in [1.54, 1.807) is 0 Å². The van der Waals surface area contributed by atoms with Gasteiger partial charge < -0.3 is 5.11 Å². The van der Waals surface area contributed by atoms with E-state index in [4.69, 9.17) is 0 Å². The summed E-state index contributed by atoms with van der Waals surface area (Å²) >= 11 is 0. The van der Waals surface area contributed by atoms with Gasteiger partial charge in [-0.1, -0.05) is 25.8 Å². The Bertz CT molecular complexity index is 542. The standard InChI is InChI=1S/C20H29FO2/c1-3-11-8-12-9-13(22)4-5-14(12)19-16(21)10-20(2)15(18(11)19)6-7-17(20)23/h9,11,14-19,23H,3-8,10H2,1-2H3/t11-,14+,15+,16+,17+,18+,19+,20+/m1/s1. The molecule has 128 valence electrons. The van der Waals surface area contributed by atoms with Gasteiger partial charge in [0.05, 0.1) is 6.10 Å². The topological polar surface area (TPSA) is 37.3 Å². The minimum absolute atomic E-state index is 0.0800. The molecule has 1 N–H and O–H groups in total. The largest absolute Gasteiger partial charge is 0.393 e. The van der Waals surface area contributed by atoms with E-state index in [1.807, 2.05) is 6.08 Å². The lowest BCUT2D eigenvalue weighted by molar-refractivity contribution is -0.122. The fourth-order valence-corrected chi connectivity index (χ4v) is 6.77. The number of alkyl halides is 1. The summed E-state index contributed by atoms with van der Waals surface area (Å²) < 4.78 is 15.3. The van der Waals surface area contributed by atoms with Gasteiger partial charge in [-0.3, -0.25) is 4.79 Å². The number of carbonyl (C=O) groups excluding carboxylic acids is 1. The van der Waals surface area contributed by atoms with Crippen molar-refractivity contribution in [2.75, 3.05) is 0 Å². The number of fused-ring (bicyclic) bond motifs is 5. The second-order valence-corrected chi connectivity index (χ2v) is 8.78. The van der Waals surface area contributed by atoms with Gasteiger partial charge in [-0.05, 0) is 67.3 Å². The Morgan fingerprint density at radius 1 is 1.30 bits per heavy atom. The van der Waals surface area contributed by atoms with Gasteiger partial charge in [0, 0.05) is 12.3 Å². The van der Waals surface area contributed by atoms with Crippen LogP contribution in [-0.2, 0) is 4.79 Å². The summed E-state index contributed by atoms with van der Waals surface area (Å²) in [5, 5.41) is 10.5. The Morgan fingerprint density at radius 2 is 2.09 bits per heavy atom. The lowest BCUT2D eigenvalue weighted by Crippen LogP contribution is -2.55. The lowest BCUT2D eigenvalue weighted by atomic mass is 9.48. The zero-order valence-electron chi connectivity index (χ0n) is 14.3. The highest BCUT2D eigenvalue weighted by Gasteiger charge is 2.61. The third-order valence-electron chi connectivity index (χ3n) is 7.88. The molecule has 0 bridgehead atoms. The molecule has 0 unspecified atom stereocenters. The first-order valence-corrected chi connectivity index (χ1v) is 9.51. The third kappa shape index (κ3) is 2.18. The summed E-state index contributed by atoms with van der Waals surface area (Å²) in [7, 11) is 0.